The SMILES string of the molecule is Fc1c(Cl)ncc2c(OCC(F)(F)F)nc(OC[C@@]34CCCN3CC(F)C4)nc12. The summed E-state index contributed by atoms with van der Waals surface area (Å²) in [5.41, 5.74) is -0.901. The number of hydrogen-bond donors (Lipinski definition) is 0. The number of pyridine rings is 1. The third-order valence-electron chi connectivity index (χ3n) is 5.19. The number of halogens is 6. The lowest BCUT2D eigenvalue weighted by molar-refractivity contribution is -0.153. The van der Waals surface area contributed by atoms with Crippen LogP contribution in [0.25, 0.3) is 10.9 Å². The standard InChI is InChI=1S/C17H16ClF5N4O2/c18-13-11(20)12-10(5-24-13)14(28-8-17(21,22)23)26-15(25-12)29-7-16-2-1-3-27(16)6-9(19)4-16/h5,9H,1-4,6-8H2/t9?,16-/m0/s1. The summed E-state index contributed by atoms with van der Waals surface area (Å²) in [6.07, 6.45) is -2.71. The van der Waals surface area contributed by atoms with Crippen LogP contribution in [0.5, 0.6) is 11.9 Å². The number of rotatable bonds is 5. The minimum Gasteiger partial charge on any atom is -0.467 e. The minimum absolute atomic E-state index is 0.0259. The molecule has 6 nitrogen and oxygen atoms in total. The Morgan fingerprint density at radius 3 is 2.83 bits per heavy atom. The van der Waals surface area contributed by atoms with Crippen molar-refractivity contribution < 1.29 is 31.4 Å². The molecule has 0 spiro atoms. The van der Waals surface area contributed by atoms with Gasteiger partial charge in [0.05, 0.1) is 10.9 Å². The number of alkyl halides is 4. The van der Waals surface area contributed by atoms with Crippen LogP contribution in [-0.2, 0) is 0 Å². The zero-order valence-electron chi connectivity index (χ0n) is 15.0. The smallest absolute Gasteiger partial charge is 0.422 e. The highest BCUT2D eigenvalue weighted by atomic mass is 35.5. The summed E-state index contributed by atoms with van der Waals surface area (Å²) >= 11 is 5.65. The van der Waals surface area contributed by atoms with E-state index >= 15 is 0 Å². The second-order valence-electron chi connectivity index (χ2n) is 7.20. The van der Waals surface area contributed by atoms with Crippen molar-refractivity contribution in [3.05, 3.63) is 17.2 Å². The van der Waals surface area contributed by atoms with E-state index in [1.807, 2.05) is 4.90 Å². The van der Waals surface area contributed by atoms with E-state index in [4.69, 9.17) is 21.1 Å². The van der Waals surface area contributed by atoms with E-state index in [-0.39, 0.29) is 29.9 Å². The third-order valence-corrected chi connectivity index (χ3v) is 5.45. The zero-order chi connectivity index (χ0) is 20.8. The molecular weight excluding hydrogens is 423 g/mol. The fourth-order valence-electron chi connectivity index (χ4n) is 3.96. The summed E-state index contributed by atoms with van der Waals surface area (Å²) in [7, 11) is 0. The van der Waals surface area contributed by atoms with Crippen molar-refractivity contribution >= 4 is 22.5 Å². The van der Waals surface area contributed by atoms with Gasteiger partial charge in [-0.25, -0.2) is 13.8 Å². The van der Waals surface area contributed by atoms with Crippen LogP contribution >= 0.6 is 11.6 Å². The highest BCUT2D eigenvalue weighted by molar-refractivity contribution is 6.30. The Hall–Kier alpha value is -2.01. The van der Waals surface area contributed by atoms with Crippen LogP contribution in [0.2, 0.25) is 5.15 Å². The monoisotopic (exact) mass is 438 g/mol. The number of ether oxygens (including phenoxy) is 2. The molecular formula is C17H16ClF5N4O2. The van der Waals surface area contributed by atoms with E-state index in [0.29, 0.717) is 13.0 Å². The van der Waals surface area contributed by atoms with Crippen molar-refractivity contribution in [3.63, 3.8) is 0 Å². The Kier molecular flexibility index (Phi) is 5.14. The average molecular weight is 439 g/mol. The molecule has 0 saturated carbocycles. The molecule has 12 heteroatoms. The molecule has 2 aromatic rings. The van der Waals surface area contributed by atoms with Gasteiger partial charge in [0.2, 0.25) is 5.88 Å². The van der Waals surface area contributed by atoms with Crippen molar-refractivity contribution in [1.29, 1.82) is 0 Å². The van der Waals surface area contributed by atoms with Crippen LogP contribution in [0.1, 0.15) is 19.3 Å². The Labute approximate surface area is 167 Å². The molecule has 2 aliphatic heterocycles. The van der Waals surface area contributed by atoms with E-state index in [9.17, 15) is 22.0 Å². The van der Waals surface area contributed by atoms with Gasteiger partial charge in [0.1, 0.15) is 18.3 Å². The quantitative estimate of drug-likeness (QED) is 0.524. The van der Waals surface area contributed by atoms with Crippen molar-refractivity contribution in [1.82, 2.24) is 19.9 Å². The summed E-state index contributed by atoms with van der Waals surface area (Å²) in [4.78, 5) is 13.3. The molecule has 2 saturated heterocycles. The number of hydrogen-bond acceptors (Lipinski definition) is 6. The minimum atomic E-state index is -4.63. The topological polar surface area (TPSA) is 60.4 Å². The molecule has 0 radical (unpaired) electrons. The normalized spacial score (nSPS) is 24.8. The van der Waals surface area contributed by atoms with Crippen LogP contribution in [0.3, 0.4) is 0 Å². The molecule has 0 aliphatic carbocycles. The molecule has 1 unspecified atom stereocenters. The lowest BCUT2D eigenvalue weighted by Crippen LogP contribution is -2.43. The molecule has 2 atom stereocenters. The largest absolute Gasteiger partial charge is 0.467 e. The Balaban J connectivity index is 1.64. The first kappa shape index (κ1) is 20.3. The molecule has 0 N–H and O–H groups in total. The van der Waals surface area contributed by atoms with Gasteiger partial charge < -0.3 is 9.47 Å². The van der Waals surface area contributed by atoms with Gasteiger partial charge in [-0.1, -0.05) is 11.6 Å². The van der Waals surface area contributed by atoms with E-state index < -0.39 is 41.3 Å². The van der Waals surface area contributed by atoms with Gasteiger partial charge in [-0.2, -0.15) is 23.1 Å². The van der Waals surface area contributed by atoms with Crippen molar-refractivity contribution in [2.75, 3.05) is 26.3 Å². The average Bonchev–Trinajstić information content (AvgIpc) is 3.16. The molecule has 2 fully saturated rings. The molecule has 158 valence electrons. The highest BCUT2D eigenvalue weighted by Gasteiger charge is 2.49. The zero-order valence-corrected chi connectivity index (χ0v) is 15.7. The Bertz CT molecular complexity index is 931. The lowest BCUT2D eigenvalue weighted by atomic mass is 9.95. The van der Waals surface area contributed by atoms with Crippen molar-refractivity contribution in [3.8, 4) is 11.9 Å². The summed E-state index contributed by atoms with van der Waals surface area (Å²) in [6.45, 7) is -0.571. The maximum absolute atomic E-state index is 14.4. The molecule has 4 rings (SSSR count). The maximum atomic E-state index is 14.4. The number of fused-ring (bicyclic) bond motifs is 2. The fraction of sp³-hybridized carbons (Fsp3) is 0.588. The molecule has 29 heavy (non-hydrogen) atoms. The second kappa shape index (κ2) is 7.35. The van der Waals surface area contributed by atoms with E-state index in [1.54, 1.807) is 0 Å². The van der Waals surface area contributed by atoms with Gasteiger partial charge in [0, 0.05) is 19.2 Å². The molecule has 2 aromatic heterocycles. The molecule has 0 aromatic carbocycles. The van der Waals surface area contributed by atoms with E-state index in [2.05, 4.69) is 15.0 Å². The van der Waals surface area contributed by atoms with Gasteiger partial charge in [0.15, 0.2) is 17.6 Å². The van der Waals surface area contributed by atoms with E-state index in [1.165, 1.54) is 0 Å². The van der Waals surface area contributed by atoms with Gasteiger partial charge >= 0.3 is 12.2 Å². The maximum Gasteiger partial charge on any atom is 0.422 e. The summed E-state index contributed by atoms with van der Waals surface area (Å²) in [6, 6.07) is -0.376. The lowest BCUT2D eigenvalue weighted by Gasteiger charge is -2.30. The van der Waals surface area contributed by atoms with Gasteiger partial charge in [-0.3, -0.25) is 4.90 Å². The number of aromatic nitrogens is 3. The van der Waals surface area contributed by atoms with Crippen LogP contribution in [0.15, 0.2) is 6.20 Å². The fourth-order valence-corrected chi connectivity index (χ4v) is 4.10. The Morgan fingerprint density at radius 2 is 2.07 bits per heavy atom. The molecule has 0 amide bonds. The third kappa shape index (κ3) is 4.02. The molecule has 2 aliphatic rings. The second-order valence-corrected chi connectivity index (χ2v) is 7.56. The molecule has 0 bridgehead atoms. The van der Waals surface area contributed by atoms with Crippen LogP contribution < -0.4 is 9.47 Å². The summed E-state index contributed by atoms with van der Waals surface area (Å²) < 4.78 is 76.3. The molecule has 4 heterocycles. The highest BCUT2D eigenvalue weighted by Crippen LogP contribution is 2.40. The first-order chi connectivity index (χ1) is 13.7. The first-order valence-electron chi connectivity index (χ1n) is 8.90. The number of nitrogens with zero attached hydrogens (tertiary/aromatic N) is 4. The van der Waals surface area contributed by atoms with Crippen molar-refractivity contribution in [2.24, 2.45) is 0 Å². The Morgan fingerprint density at radius 1 is 1.28 bits per heavy atom. The van der Waals surface area contributed by atoms with E-state index in [0.717, 1.165) is 19.2 Å². The summed E-state index contributed by atoms with van der Waals surface area (Å²) in [5.74, 6) is -1.56. The summed E-state index contributed by atoms with van der Waals surface area (Å²) in [5, 5.41) is -0.672. The van der Waals surface area contributed by atoms with Gasteiger partial charge in [0.25, 0.3) is 0 Å². The van der Waals surface area contributed by atoms with Crippen molar-refractivity contribution in [2.45, 2.75) is 37.1 Å². The van der Waals surface area contributed by atoms with Crippen LogP contribution in [0, 0.1) is 5.82 Å². The van der Waals surface area contributed by atoms with Gasteiger partial charge in [-0.15, -0.1) is 0 Å². The van der Waals surface area contributed by atoms with Crippen LogP contribution in [0.4, 0.5) is 22.0 Å². The predicted octanol–water partition coefficient (Wildman–Crippen LogP) is 3.71. The van der Waals surface area contributed by atoms with Crippen LogP contribution in [-0.4, -0.2) is 64.0 Å². The first-order valence-corrected chi connectivity index (χ1v) is 9.28. The van der Waals surface area contributed by atoms with Gasteiger partial charge in [-0.05, 0) is 19.4 Å². The predicted molar refractivity (Wildman–Crippen MR) is 92.4 cm³/mol.